The number of likely N-dealkylation sites (tertiary alicyclic amines) is 1. The molecule has 2 aliphatic heterocycles. The number of rotatable bonds is 3. The highest BCUT2D eigenvalue weighted by molar-refractivity contribution is 5.79. The highest BCUT2D eigenvalue weighted by Gasteiger charge is 2.30. The van der Waals surface area contributed by atoms with E-state index in [-0.39, 0.29) is 5.91 Å². The molecule has 0 N–H and O–H groups in total. The van der Waals surface area contributed by atoms with Crippen molar-refractivity contribution in [3.63, 3.8) is 0 Å². The summed E-state index contributed by atoms with van der Waals surface area (Å²) in [5, 5.41) is 12.7. The third-order valence-electron chi connectivity index (χ3n) is 5.29. The third-order valence-corrected chi connectivity index (χ3v) is 5.29. The molecule has 0 aromatic carbocycles. The number of carbonyl (C=O) groups is 1. The lowest BCUT2D eigenvalue weighted by Crippen LogP contribution is -2.40. The lowest BCUT2D eigenvalue weighted by Gasteiger charge is -2.32. The van der Waals surface area contributed by atoms with Crippen LogP contribution >= 0.6 is 0 Å². The monoisotopic (exact) mass is 329 g/mol. The number of aromatic nitrogens is 4. The van der Waals surface area contributed by atoms with Crippen LogP contribution in [0.25, 0.3) is 0 Å². The molecular weight excluding hydrogens is 306 g/mol. The summed E-state index contributed by atoms with van der Waals surface area (Å²) in [6, 6.07) is 0. The normalized spacial score (nSPS) is 20.4. The van der Waals surface area contributed by atoms with Gasteiger partial charge >= 0.3 is 0 Å². The molecule has 1 saturated heterocycles. The lowest BCUT2D eigenvalue weighted by molar-refractivity contribution is -0.131. The van der Waals surface area contributed by atoms with E-state index in [0.29, 0.717) is 12.3 Å². The molecule has 7 heteroatoms. The second-order valence-electron chi connectivity index (χ2n) is 6.89. The molecule has 0 radical (unpaired) electrons. The van der Waals surface area contributed by atoms with E-state index in [4.69, 9.17) is 4.52 Å². The van der Waals surface area contributed by atoms with Crippen LogP contribution in [0.5, 0.6) is 0 Å². The summed E-state index contributed by atoms with van der Waals surface area (Å²) in [6.07, 6.45) is 4.63. The molecule has 4 heterocycles. The zero-order valence-electron chi connectivity index (χ0n) is 14.3. The molecule has 0 bridgehead atoms. The van der Waals surface area contributed by atoms with E-state index in [9.17, 15) is 4.79 Å². The van der Waals surface area contributed by atoms with Gasteiger partial charge in [0.25, 0.3) is 0 Å². The topological polar surface area (TPSA) is 77.1 Å². The van der Waals surface area contributed by atoms with Crippen LogP contribution in [-0.4, -0.2) is 43.8 Å². The molecule has 1 fully saturated rings. The minimum atomic E-state index is 0.148. The largest absolute Gasteiger partial charge is 0.361 e. The smallest absolute Gasteiger partial charge is 0.227 e. The summed E-state index contributed by atoms with van der Waals surface area (Å²) in [4.78, 5) is 14.7. The van der Waals surface area contributed by atoms with Gasteiger partial charge in [-0.15, -0.1) is 10.2 Å². The first-order valence-corrected chi connectivity index (χ1v) is 8.75. The van der Waals surface area contributed by atoms with Crippen LogP contribution in [0, 0.1) is 13.8 Å². The van der Waals surface area contributed by atoms with Gasteiger partial charge < -0.3 is 14.0 Å². The molecule has 2 aromatic heterocycles. The van der Waals surface area contributed by atoms with Gasteiger partial charge in [0.1, 0.15) is 17.4 Å². The number of piperidine rings is 1. The van der Waals surface area contributed by atoms with Crippen molar-refractivity contribution in [1.29, 1.82) is 0 Å². The molecule has 0 unspecified atom stereocenters. The number of amides is 1. The van der Waals surface area contributed by atoms with E-state index in [1.807, 2.05) is 18.7 Å². The Kier molecular flexibility index (Phi) is 3.86. The summed E-state index contributed by atoms with van der Waals surface area (Å²) in [7, 11) is 0. The van der Waals surface area contributed by atoms with Gasteiger partial charge in [-0.2, -0.15) is 0 Å². The molecule has 7 nitrogen and oxygen atoms in total. The van der Waals surface area contributed by atoms with Crippen LogP contribution in [0.4, 0.5) is 0 Å². The molecule has 1 amide bonds. The zero-order chi connectivity index (χ0) is 16.7. The average Bonchev–Trinajstić information content (AvgIpc) is 3.27. The Morgan fingerprint density at radius 1 is 1.25 bits per heavy atom. The summed E-state index contributed by atoms with van der Waals surface area (Å²) >= 11 is 0. The fourth-order valence-electron chi connectivity index (χ4n) is 3.91. The second kappa shape index (κ2) is 6.03. The number of hydrogen-bond donors (Lipinski definition) is 0. The Labute approximate surface area is 141 Å². The summed E-state index contributed by atoms with van der Waals surface area (Å²) < 4.78 is 7.43. The Hall–Kier alpha value is -2.18. The van der Waals surface area contributed by atoms with Gasteiger partial charge in [-0.1, -0.05) is 5.16 Å². The van der Waals surface area contributed by atoms with Crippen LogP contribution in [0.2, 0.25) is 0 Å². The van der Waals surface area contributed by atoms with Crippen LogP contribution in [0.1, 0.15) is 53.8 Å². The van der Waals surface area contributed by atoms with Gasteiger partial charge in [0.05, 0.1) is 12.1 Å². The predicted octanol–water partition coefficient (Wildman–Crippen LogP) is 1.78. The molecule has 2 aliphatic rings. The molecule has 0 spiro atoms. The molecule has 2 aromatic rings. The van der Waals surface area contributed by atoms with Crippen molar-refractivity contribution in [2.24, 2.45) is 0 Å². The minimum Gasteiger partial charge on any atom is -0.361 e. The zero-order valence-corrected chi connectivity index (χ0v) is 14.3. The molecular formula is C17H23N5O2. The first-order valence-electron chi connectivity index (χ1n) is 8.75. The van der Waals surface area contributed by atoms with Crippen LogP contribution in [-0.2, 0) is 24.2 Å². The molecule has 128 valence electrons. The van der Waals surface area contributed by atoms with Crippen molar-refractivity contribution < 1.29 is 9.32 Å². The van der Waals surface area contributed by atoms with Crippen LogP contribution in [0.15, 0.2) is 4.52 Å². The van der Waals surface area contributed by atoms with Crippen molar-refractivity contribution in [3.05, 3.63) is 28.7 Å². The van der Waals surface area contributed by atoms with Crippen molar-refractivity contribution in [1.82, 2.24) is 24.8 Å². The second-order valence-corrected chi connectivity index (χ2v) is 6.89. The van der Waals surface area contributed by atoms with Gasteiger partial charge in [-0.05, 0) is 33.1 Å². The third kappa shape index (κ3) is 2.61. The Morgan fingerprint density at radius 2 is 2.12 bits per heavy atom. The number of hydrogen-bond acceptors (Lipinski definition) is 5. The fourth-order valence-corrected chi connectivity index (χ4v) is 3.91. The van der Waals surface area contributed by atoms with Gasteiger partial charge in [0.15, 0.2) is 0 Å². The minimum absolute atomic E-state index is 0.148. The maximum Gasteiger partial charge on any atom is 0.227 e. The first kappa shape index (κ1) is 15.4. The summed E-state index contributed by atoms with van der Waals surface area (Å²) in [5.74, 6) is 3.35. The highest BCUT2D eigenvalue weighted by atomic mass is 16.5. The lowest BCUT2D eigenvalue weighted by atomic mass is 9.96. The number of fused-ring (bicyclic) bond motifs is 1. The van der Waals surface area contributed by atoms with Gasteiger partial charge in [-0.3, -0.25) is 4.79 Å². The molecule has 4 rings (SSSR count). The van der Waals surface area contributed by atoms with Gasteiger partial charge in [-0.25, -0.2) is 0 Å². The standard InChI is InChI=1S/C17H23N5O2/c1-11-14(12(2)24-20-11)9-16(23)21-7-3-5-13(10-21)17-19-18-15-6-4-8-22(15)17/h13H,3-10H2,1-2H3/t13-/m1/s1. The first-order chi connectivity index (χ1) is 11.6. The Morgan fingerprint density at radius 3 is 2.92 bits per heavy atom. The van der Waals surface area contributed by atoms with Crippen molar-refractivity contribution in [2.45, 2.75) is 58.4 Å². The van der Waals surface area contributed by atoms with Gasteiger partial charge in [0, 0.05) is 37.5 Å². The summed E-state index contributed by atoms with van der Waals surface area (Å²) in [5.41, 5.74) is 1.73. The van der Waals surface area contributed by atoms with Crippen LogP contribution < -0.4 is 0 Å². The van der Waals surface area contributed by atoms with E-state index >= 15 is 0 Å². The maximum absolute atomic E-state index is 12.7. The average molecular weight is 329 g/mol. The Balaban J connectivity index is 1.47. The molecule has 0 saturated carbocycles. The van der Waals surface area contributed by atoms with E-state index in [2.05, 4.69) is 19.9 Å². The maximum atomic E-state index is 12.7. The van der Waals surface area contributed by atoms with Crippen LogP contribution in [0.3, 0.4) is 0 Å². The van der Waals surface area contributed by atoms with E-state index in [1.165, 1.54) is 0 Å². The molecule has 0 aliphatic carbocycles. The Bertz CT molecular complexity index is 744. The molecule has 1 atom stereocenters. The number of nitrogens with zero attached hydrogens (tertiary/aromatic N) is 5. The van der Waals surface area contributed by atoms with Crippen molar-refractivity contribution >= 4 is 5.91 Å². The summed E-state index contributed by atoms with van der Waals surface area (Å²) in [6.45, 7) is 6.32. The van der Waals surface area contributed by atoms with Gasteiger partial charge in [0.2, 0.25) is 5.91 Å². The molecule has 24 heavy (non-hydrogen) atoms. The number of carbonyl (C=O) groups excluding carboxylic acids is 1. The van der Waals surface area contributed by atoms with E-state index in [1.54, 1.807) is 0 Å². The van der Waals surface area contributed by atoms with E-state index < -0.39 is 0 Å². The number of aryl methyl sites for hydroxylation is 3. The predicted molar refractivity (Wildman–Crippen MR) is 86.6 cm³/mol. The quantitative estimate of drug-likeness (QED) is 0.858. The van der Waals surface area contributed by atoms with Crippen molar-refractivity contribution in [3.8, 4) is 0 Å². The highest BCUT2D eigenvalue weighted by Crippen LogP contribution is 2.29. The SMILES string of the molecule is Cc1noc(C)c1CC(=O)N1CCC[C@@H](c2nnc3n2CCC3)C1. The van der Waals surface area contributed by atoms with E-state index in [0.717, 1.165) is 74.0 Å². The fraction of sp³-hybridized carbons (Fsp3) is 0.647. The van der Waals surface area contributed by atoms with Crippen molar-refractivity contribution in [2.75, 3.05) is 13.1 Å².